The molecule has 5 nitrogen and oxygen atoms in total. The van der Waals surface area contributed by atoms with Crippen LogP contribution in [-0.4, -0.2) is 18.2 Å². The van der Waals surface area contributed by atoms with Gasteiger partial charge < -0.3 is 14.6 Å². The first-order valence-electron chi connectivity index (χ1n) is 6.62. The molecule has 106 valence electrons. The molecule has 3 rings (SSSR count). The summed E-state index contributed by atoms with van der Waals surface area (Å²) < 4.78 is 11.3. The van der Waals surface area contributed by atoms with Crippen LogP contribution in [0.4, 0.5) is 0 Å². The minimum atomic E-state index is 0.304. The first-order valence-corrected chi connectivity index (χ1v) is 6.62. The van der Waals surface area contributed by atoms with Gasteiger partial charge in [-0.25, -0.2) is 4.98 Å². The molecule has 0 unspecified atom stereocenters. The zero-order valence-electron chi connectivity index (χ0n) is 11.6. The number of para-hydroxylation sites is 2. The second-order valence-corrected chi connectivity index (χ2v) is 4.41. The third-order valence-corrected chi connectivity index (χ3v) is 2.92. The summed E-state index contributed by atoms with van der Waals surface area (Å²) in [5.41, 5.74) is 5.32. The maximum absolute atomic E-state index is 5.66. The number of rotatable bonds is 5. The Hall–Kier alpha value is -2.82. The lowest BCUT2D eigenvalue weighted by molar-refractivity contribution is 0.267. The minimum absolute atomic E-state index is 0.304. The summed E-state index contributed by atoms with van der Waals surface area (Å²) >= 11 is 0. The Balaban J connectivity index is 1.65. The highest BCUT2D eigenvalue weighted by atomic mass is 16.5. The van der Waals surface area contributed by atoms with Crippen molar-refractivity contribution in [2.45, 2.75) is 6.61 Å². The normalized spacial score (nSPS) is 11.1. The van der Waals surface area contributed by atoms with Crippen molar-refractivity contribution < 1.29 is 9.15 Å². The van der Waals surface area contributed by atoms with E-state index in [4.69, 9.17) is 9.15 Å². The Morgan fingerprint density at radius 2 is 2.00 bits per heavy atom. The molecule has 1 heterocycles. The summed E-state index contributed by atoms with van der Waals surface area (Å²) in [7, 11) is 1.76. The number of hydrogen-bond donors (Lipinski definition) is 1. The topological polar surface area (TPSA) is 59.7 Å². The average Bonchev–Trinajstić information content (AvgIpc) is 2.95. The molecule has 0 amide bonds. The lowest BCUT2D eigenvalue weighted by Crippen LogP contribution is -1.96. The van der Waals surface area contributed by atoms with Crippen molar-refractivity contribution in [1.82, 2.24) is 10.4 Å². The average molecular weight is 281 g/mol. The second kappa shape index (κ2) is 6.09. The van der Waals surface area contributed by atoms with Crippen LogP contribution >= 0.6 is 0 Å². The van der Waals surface area contributed by atoms with Gasteiger partial charge in [-0.05, 0) is 42.0 Å². The zero-order valence-corrected chi connectivity index (χ0v) is 11.6. The summed E-state index contributed by atoms with van der Waals surface area (Å²) in [4.78, 5) is 4.36. The number of nitrogens with one attached hydrogen (secondary N) is 1. The van der Waals surface area contributed by atoms with E-state index in [0.29, 0.717) is 12.5 Å². The van der Waals surface area contributed by atoms with Crippen LogP contribution in [0, 0.1) is 0 Å². The summed E-state index contributed by atoms with van der Waals surface area (Å²) in [6.07, 6.45) is 1.74. The van der Waals surface area contributed by atoms with Crippen LogP contribution < -0.4 is 10.2 Å². The standard InChI is InChI=1S/C16H15N3O2/c1-17-18-10-12-6-8-13(9-7-12)20-11-16-19-14-4-2-3-5-15(14)21-16/h2-10,17H,11H2,1H3. The van der Waals surface area contributed by atoms with Gasteiger partial charge in [0.25, 0.3) is 0 Å². The predicted octanol–water partition coefficient (Wildman–Crippen LogP) is 2.96. The minimum Gasteiger partial charge on any atom is -0.484 e. The first-order chi connectivity index (χ1) is 10.3. The van der Waals surface area contributed by atoms with Crippen molar-refractivity contribution in [2.75, 3.05) is 7.05 Å². The van der Waals surface area contributed by atoms with Crippen LogP contribution in [0.5, 0.6) is 5.75 Å². The smallest absolute Gasteiger partial charge is 0.233 e. The van der Waals surface area contributed by atoms with Crippen molar-refractivity contribution in [1.29, 1.82) is 0 Å². The van der Waals surface area contributed by atoms with Gasteiger partial charge in [-0.15, -0.1) is 0 Å². The van der Waals surface area contributed by atoms with Gasteiger partial charge in [0.15, 0.2) is 12.2 Å². The molecule has 0 aliphatic heterocycles. The number of oxazole rings is 1. The van der Waals surface area contributed by atoms with E-state index in [0.717, 1.165) is 22.4 Å². The van der Waals surface area contributed by atoms with Crippen molar-refractivity contribution in [3.8, 4) is 5.75 Å². The Labute approximate surface area is 122 Å². The molecule has 0 aliphatic carbocycles. The van der Waals surface area contributed by atoms with E-state index in [1.54, 1.807) is 13.3 Å². The highest BCUT2D eigenvalue weighted by Crippen LogP contribution is 2.17. The van der Waals surface area contributed by atoms with E-state index in [1.165, 1.54) is 0 Å². The summed E-state index contributed by atoms with van der Waals surface area (Å²) in [5, 5.41) is 3.95. The highest BCUT2D eigenvalue weighted by molar-refractivity contribution is 5.79. The molecule has 0 saturated heterocycles. The molecular weight excluding hydrogens is 266 g/mol. The van der Waals surface area contributed by atoms with Gasteiger partial charge in [-0.3, -0.25) is 0 Å². The van der Waals surface area contributed by atoms with Crippen molar-refractivity contribution in [2.24, 2.45) is 5.10 Å². The molecule has 1 aromatic heterocycles. The Morgan fingerprint density at radius 1 is 1.19 bits per heavy atom. The SMILES string of the molecule is CNN=Cc1ccc(OCc2nc3ccccc3o2)cc1. The fourth-order valence-electron chi connectivity index (χ4n) is 1.92. The molecule has 1 N–H and O–H groups in total. The number of aromatic nitrogens is 1. The van der Waals surface area contributed by atoms with Crippen LogP contribution in [0.2, 0.25) is 0 Å². The molecule has 0 spiro atoms. The number of benzene rings is 2. The van der Waals surface area contributed by atoms with E-state index in [-0.39, 0.29) is 0 Å². The van der Waals surface area contributed by atoms with Gasteiger partial charge in [0.1, 0.15) is 11.3 Å². The number of fused-ring (bicyclic) bond motifs is 1. The Kier molecular flexibility index (Phi) is 3.82. The first kappa shape index (κ1) is 13.2. The van der Waals surface area contributed by atoms with Crippen molar-refractivity contribution in [3.63, 3.8) is 0 Å². The Bertz CT molecular complexity index is 715. The molecule has 0 aliphatic rings. The molecule has 0 fully saturated rings. The Morgan fingerprint density at radius 3 is 2.76 bits per heavy atom. The predicted molar refractivity (Wildman–Crippen MR) is 81.4 cm³/mol. The third kappa shape index (κ3) is 3.20. The second-order valence-electron chi connectivity index (χ2n) is 4.41. The molecular formula is C16H15N3O2. The van der Waals surface area contributed by atoms with E-state index >= 15 is 0 Å². The number of hydrogen-bond acceptors (Lipinski definition) is 5. The highest BCUT2D eigenvalue weighted by Gasteiger charge is 2.05. The molecule has 5 heteroatoms. The van der Waals surface area contributed by atoms with Crippen LogP contribution in [0.15, 0.2) is 58.0 Å². The van der Waals surface area contributed by atoms with E-state index in [1.807, 2.05) is 48.5 Å². The summed E-state index contributed by atoms with van der Waals surface area (Å²) in [6.45, 7) is 0.304. The van der Waals surface area contributed by atoms with Crippen molar-refractivity contribution >= 4 is 17.3 Å². The maximum Gasteiger partial charge on any atom is 0.233 e. The fourth-order valence-corrected chi connectivity index (χ4v) is 1.92. The quantitative estimate of drug-likeness (QED) is 0.577. The van der Waals surface area contributed by atoms with Gasteiger partial charge in [-0.2, -0.15) is 5.10 Å². The molecule has 2 aromatic carbocycles. The van der Waals surface area contributed by atoms with Crippen LogP contribution in [-0.2, 0) is 6.61 Å². The van der Waals surface area contributed by atoms with E-state index in [9.17, 15) is 0 Å². The molecule has 0 saturated carbocycles. The van der Waals surface area contributed by atoms with Gasteiger partial charge in [-0.1, -0.05) is 12.1 Å². The lowest BCUT2D eigenvalue weighted by Gasteiger charge is -2.03. The van der Waals surface area contributed by atoms with E-state index < -0.39 is 0 Å². The summed E-state index contributed by atoms with van der Waals surface area (Å²) in [6, 6.07) is 15.3. The molecule has 0 bridgehead atoms. The zero-order chi connectivity index (χ0) is 14.5. The number of nitrogens with zero attached hydrogens (tertiary/aromatic N) is 2. The fraction of sp³-hybridized carbons (Fsp3) is 0.125. The van der Waals surface area contributed by atoms with Crippen LogP contribution in [0.1, 0.15) is 11.5 Å². The summed E-state index contributed by atoms with van der Waals surface area (Å²) in [5.74, 6) is 1.33. The van der Waals surface area contributed by atoms with Gasteiger partial charge >= 0.3 is 0 Å². The van der Waals surface area contributed by atoms with Crippen molar-refractivity contribution in [3.05, 3.63) is 60.0 Å². The lowest BCUT2D eigenvalue weighted by atomic mass is 10.2. The molecule has 3 aromatic rings. The monoisotopic (exact) mass is 281 g/mol. The molecule has 0 atom stereocenters. The van der Waals surface area contributed by atoms with Gasteiger partial charge in [0.2, 0.25) is 5.89 Å². The number of hydrazone groups is 1. The molecule has 0 radical (unpaired) electrons. The molecule has 21 heavy (non-hydrogen) atoms. The van der Waals surface area contributed by atoms with E-state index in [2.05, 4.69) is 15.5 Å². The third-order valence-electron chi connectivity index (χ3n) is 2.92. The van der Waals surface area contributed by atoms with Crippen LogP contribution in [0.3, 0.4) is 0 Å². The largest absolute Gasteiger partial charge is 0.484 e. The van der Waals surface area contributed by atoms with Crippen LogP contribution in [0.25, 0.3) is 11.1 Å². The van der Waals surface area contributed by atoms with Gasteiger partial charge in [0, 0.05) is 7.05 Å². The number of ether oxygens (including phenoxy) is 1. The van der Waals surface area contributed by atoms with Gasteiger partial charge in [0.05, 0.1) is 6.21 Å². The maximum atomic E-state index is 5.66.